The second kappa shape index (κ2) is 5.22. The van der Waals surface area contributed by atoms with Gasteiger partial charge in [-0.25, -0.2) is 0 Å². The predicted molar refractivity (Wildman–Crippen MR) is 68.0 cm³/mol. The highest BCUT2D eigenvalue weighted by atomic mass is 32.2. The third kappa shape index (κ3) is 2.65. The van der Waals surface area contributed by atoms with Gasteiger partial charge >= 0.3 is 0 Å². The van der Waals surface area contributed by atoms with Crippen molar-refractivity contribution >= 4 is 10.2 Å². The molecular weight excluding hydrogens is 238 g/mol. The Labute approximate surface area is 104 Å². The molecule has 2 saturated heterocycles. The summed E-state index contributed by atoms with van der Waals surface area (Å²) in [5, 5.41) is 3.21. The van der Waals surface area contributed by atoms with E-state index in [-0.39, 0.29) is 12.1 Å². The minimum atomic E-state index is -3.27. The van der Waals surface area contributed by atoms with Crippen molar-refractivity contribution in [3.63, 3.8) is 0 Å². The van der Waals surface area contributed by atoms with Crippen LogP contribution < -0.4 is 5.32 Å². The molecule has 2 fully saturated rings. The molecule has 2 atom stereocenters. The molecule has 0 aromatic heterocycles. The maximum atomic E-state index is 12.5. The van der Waals surface area contributed by atoms with Crippen LogP contribution in [0.4, 0.5) is 0 Å². The van der Waals surface area contributed by atoms with Crippen LogP contribution in [0.25, 0.3) is 0 Å². The van der Waals surface area contributed by atoms with E-state index < -0.39 is 10.2 Å². The zero-order valence-electron chi connectivity index (χ0n) is 10.7. The largest absolute Gasteiger partial charge is 0.315 e. The molecule has 2 heterocycles. The Hall–Kier alpha value is -0.170. The van der Waals surface area contributed by atoms with Crippen molar-refractivity contribution in [2.45, 2.75) is 44.7 Å². The quantitative estimate of drug-likeness (QED) is 0.800. The first-order chi connectivity index (χ1) is 8.03. The Morgan fingerprint density at radius 1 is 1.29 bits per heavy atom. The van der Waals surface area contributed by atoms with Crippen LogP contribution in [-0.2, 0) is 10.2 Å². The molecule has 0 bridgehead atoms. The van der Waals surface area contributed by atoms with E-state index in [2.05, 4.69) is 5.32 Å². The fraction of sp³-hybridized carbons (Fsp3) is 1.00. The van der Waals surface area contributed by atoms with Crippen molar-refractivity contribution in [1.82, 2.24) is 13.9 Å². The molecule has 0 spiro atoms. The van der Waals surface area contributed by atoms with Crippen LogP contribution in [0, 0.1) is 0 Å². The molecule has 0 radical (unpaired) electrons. The Kier molecular flexibility index (Phi) is 4.07. The van der Waals surface area contributed by atoms with Crippen LogP contribution in [0.5, 0.6) is 0 Å². The Morgan fingerprint density at radius 3 is 2.65 bits per heavy atom. The highest BCUT2D eigenvalue weighted by molar-refractivity contribution is 7.86. The molecule has 0 aromatic rings. The lowest BCUT2D eigenvalue weighted by atomic mass is 10.1. The van der Waals surface area contributed by atoms with Gasteiger partial charge in [0.1, 0.15) is 0 Å². The van der Waals surface area contributed by atoms with Crippen LogP contribution in [-0.4, -0.2) is 55.8 Å². The SMILES string of the molecule is CC1CCCCN1S(=O)(=O)N(C)C1CCNC1. The summed E-state index contributed by atoms with van der Waals surface area (Å²) in [7, 11) is -1.55. The lowest BCUT2D eigenvalue weighted by Gasteiger charge is -2.36. The first kappa shape index (κ1) is 13.3. The van der Waals surface area contributed by atoms with Gasteiger partial charge in [0.15, 0.2) is 0 Å². The van der Waals surface area contributed by atoms with Crippen LogP contribution in [0.2, 0.25) is 0 Å². The highest BCUT2D eigenvalue weighted by Gasteiger charge is 2.36. The van der Waals surface area contributed by atoms with E-state index in [0.29, 0.717) is 6.54 Å². The van der Waals surface area contributed by atoms with Crippen molar-refractivity contribution in [2.24, 2.45) is 0 Å². The fourth-order valence-electron chi connectivity index (χ4n) is 2.72. The lowest BCUT2D eigenvalue weighted by Crippen LogP contribution is -2.51. The van der Waals surface area contributed by atoms with E-state index in [1.54, 1.807) is 15.7 Å². The summed E-state index contributed by atoms with van der Waals surface area (Å²) in [6.07, 6.45) is 4.02. The number of nitrogens with one attached hydrogen (secondary N) is 1. The number of piperidine rings is 1. The topological polar surface area (TPSA) is 52.7 Å². The van der Waals surface area contributed by atoms with Gasteiger partial charge in [-0.2, -0.15) is 17.0 Å². The van der Waals surface area contributed by atoms with Crippen molar-refractivity contribution in [1.29, 1.82) is 0 Å². The standard InChI is InChI=1S/C11H23N3O2S/c1-10-5-3-4-8-14(10)17(15,16)13(2)11-6-7-12-9-11/h10-12H,3-9H2,1-2H3. The Bertz CT molecular complexity index is 352. The first-order valence-electron chi connectivity index (χ1n) is 6.49. The molecule has 2 aliphatic rings. The molecule has 0 aliphatic carbocycles. The average Bonchev–Trinajstić information content (AvgIpc) is 2.81. The smallest absolute Gasteiger partial charge is 0.282 e. The summed E-state index contributed by atoms with van der Waals surface area (Å²) in [6.45, 7) is 4.38. The van der Waals surface area contributed by atoms with Crippen LogP contribution in [0.1, 0.15) is 32.6 Å². The summed E-state index contributed by atoms with van der Waals surface area (Å²) in [5.41, 5.74) is 0. The second-order valence-corrected chi connectivity index (χ2v) is 7.07. The van der Waals surface area contributed by atoms with Crippen molar-refractivity contribution in [3.05, 3.63) is 0 Å². The fourth-order valence-corrected chi connectivity index (χ4v) is 4.53. The van der Waals surface area contributed by atoms with E-state index in [9.17, 15) is 8.42 Å². The monoisotopic (exact) mass is 261 g/mol. The number of rotatable bonds is 3. The third-order valence-corrected chi connectivity index (χ3v) is 6.11. The third-order valence-electron chi connectivity index (χ3n) is 3.95. The van der Waals surface area contributed by atoms with Gasteiger partial charge in [-0.1, -0.05) is 6.42 Å². The Morgan fingerprint density at radius 2 is 2.06 bits per heavy atom. The van der Waals surface area contributed by atoms with E-state index in [0.717, 1.165) is 38.8 Å². The summed E-state index contributed by atoms with van der Waals surface area (Å²) < 4.78 is 28.3. The normalized spacial score (nSPS) is 32.2. The molecule has 2 unspecified atom stereocenters. The summed E-state index contributed by atoms with van der Waals surface area (Å²) in [6, 6.07) is 0.264. The zero-order chi connectivity index (χ0) is 12.5. The molecular formula is C11H23N3O2S. The lowest BCUT2D eigenvalue weighted by molar-refractivity contribution is 0.241. The van der Waals surface area contributed by atoms with E-state index in [4.69, 9.17) is 0 Å². The van der Waals surface area contributed by atoms with Gasteiger partial charge in [0.2, 0.25) is 0 Å². The predicted octanol–water partition coefficient (Wildman–Crippen LogP) is 0.399. The number of hydrogen-bond donors (Lipinski definition) is 1. The molecule has 100 valence electrons. The molecule has 6 heteroatoms. The average molecular weight is 261 g/mol. The molecule has 17 heavy (non-hydrogen) atoms. The van der Waals surface area contributed by atoms with Gasteiger partial charge in [0.05, 0.1) is 0 Å². The van der Waals surface area contributed by atoms with Gasteiger partial charge in [0.25, 0.3) is 10.2 Å². The first-order valence-corrected chi connectivity index (χ1v) is 7.88. The van der Waals surface area contributed by atoms with Gasteiger partial charge < -0.3 is 5.32 Å². The minimum Gasteiger partial charge on any atom is -0.315 e. The molecule has 0 aromatic carbocycles. The van der Waals surface area contributed by atoms with E-state index in [1.807, 2.05) is 6.92 Å². The molecule has 5 nitrogen and oxygen atoms in total. The van der Waals surface area contributed by atoms with Gasteiger partial charge in [-0.15, -0.1) is 0 Å². The molecule has 1 N–H and O–H groups in total. The molecule has 2 aliphatic heterocycles. The highest BCUT2D eigenvalue weighted by Crippen LogP contribution is 2.23. The molecule has 0 saturated carbocycles. The number of hydrogen-bond acceptors (Lipinski definition) is 3. The van der Waals surface area contributed by atoms with E-state index >= 15 is 0 Å². The second-order valence-electron chi connectivity index (χ2n) is 5.13. The number of nitrogens with zero attached hydrogens (tertiary/aromatic N) is 2. The minimum absolute atomic E-state index is 0.120. The number of likely N-dealkylation sites (N-methyl/N-ethyl adjacent to an activating group) is 1. The van der Waals surface area contributed by atoms with Crippen molar-refractivity contribution < 1.29 is 8.42 Å². The van der Waals surface area contributed by atoms with Gasteiger partial charge in [-0.3, -0.25) is 0 Å². The summed E-state index contributed by atoms with van der Waals surface area (Å²) in [4.78, 5) is 0. The van der Waals surface area contributed by atoms with Crippen molar-refractivity contribution in [3.8, 4) is 0 Å². The zero-order valence-corrected chi connectivity index (χ0v) is 11.5. The van der Waals surface area contributed by atoms with Crippen molar-refractivity contribution in [2.75, 3.05) is 26.7 Å². The van der Waals surface area contributed by atoms with Crippen LogP contribution in [0.15, 0.2) is 0 Å². The van der Waals surface area contributed by atoms with Gasteiger partial charge in [-0.05, 0) is 32.7 Å². The molecule has 0 amide bonds. The molecule has 2 rings (SSSR count). The summed E-state index contributed by atoms with van der Waals surface area (Å²) >= 11 is 0. The Balaban J connectivity index is 2.10. The summed E-state index contributed by atoms with van der Waals surface area (Å²) in [5.74, 6) is 0. The van der Waals surface area contributed by atoms with E-state index in [1.165, 1.54) is 0 Å². The van der Waals surface area contributed by atoms with Crippen LogP contribution in [0.3, 0.4) is 0 Å². The maximum Gasteiger partial charge on any atom is 0.282 e. The van der Waals surface area contributed by atoms with Crippen LogP contribution >= 0.6 is 0 Å². The maximum absolute atomic E-state index is 12.5. The van der Waals surface area contributed by atoms with Gasteiger partial charge in [0, 0.05) is 32.2 Å².